The Balaban J connectivity index is 3.03. The number of esters is 1. The fourth-order valence-electron chi connectivity index (χ4n) is 1.88. The predicted octanol–water partition coefficient (Wildman–Crippen LogP) is 4.05. The molecule has 7 heteroatoms. The van der Waals surface area contributed by atoms with Gasteiger partial charge in [-0.15, -0.1) is 0 Å². The van der Waals surface area contributed by atoms with Crippen molar-refractivity contribution in [3.8, 4) is 0 Å². The van der Waals surface area contributed by atoms with Gasteiger partial charge in [-0.1, -0.05) is 27.5 Å². The number of carbonyl (C=O) groups excluding carboxylic acids is 2. The lowest BCUT2D eigenvalue weighted by molar-refractivity contribution is -0.146. The fourth-order valence-corrected chi connectivity index (χ4v) is 2.49. The number of hydrogen-bond acceptors (Lipinski definition) is 4. The van der Waals surface area contributed by atoms with E-state index in [0.29, 0.717) is 5.02 Å². The van der Waals surface area contributed by atoms with Gasteiger partial charge < -0.3 is 9.47 Å². The van der Waals surface area contributed by atoms with Gasteiger partial charge in [-0.3, -0.25) is 4.90 Å². The van der Waals surface area contributed by atoms with Gasteiger partial charge in [-0.2, -0.15) is 0 Å². The maximum atomic E-state index is 12.2. The van der Waals surface area contributed by atoms with Crippen LogP contribution < -0.4 is 0 Å². The number of hydrogen-bond donors (Lipinski definition) is 0. The van der Waals surface area contributed by atoms with Gasteiger partial charge in [0.2, 0.25) is 0 Å². The van der Waals surface area contributed by atoms with Crippen LogP contribution >= 0.6 is 27.5 Å². The molecule has 0 aromatic heterocycles. The molecular weight excluding hydrogens is 386 g/mol. The van der Waals surface area contributed by atoms with Gasteiger partial charge in [-0.25, -0.2) is 9.59 Å². The molecule has 0 saturated heterocycles. The number of carbonyl (C=O) groups is 2. The zero-order chi connectivity index (χ0) is 17.8. The van der Waals surface area contributed by atoms with Gasteiger partial charge in [-0.05, 0) is 44.5 Å². The molecule has 0 aliphatic carbocycles. The van der Waals surface area contributed by atoms with E-state index < -0.39 is 23.7 Å². The van der Waals surface area contributed by atoms with Crippen molar-refractivity contribution in [1.29, 1.82) is 0 Å². The first-order valence-corrected chi connectivity index (χ1v) is 8.20. The summed E-state index contributed by atoms with van der Waals surface area (Å²) in [5.41, 5.74) is 0.0752. The van der Waals surface area contributed by atoms with Gasteiger partial charge in [0.05, 0.1) is 7.11 Å². The quantitative estimate of drug-likeness (QED) is 0.708. The summed E-state index contributed by atoms with van der Waals surface area (Å²) in [4.78, 5) is 25.5. The highest BCUT2D eigenvalue weighted by molar-refractivity contribution is 9.10. The van der Waals surface area contributed by atoms with E-state index in [9.17, 15) is 9.59 Å². The maximum Gasteiger partial charge on any atom is 0.410 e. The average molecular weight is 407 g/mol. The molecule has 1 aromatic rings. The summed E-state index contributed by atoms with van der Waals surface area (Å²) in [5, 5.41) is 0.514. The van der Waals surface area contributed by atoms with E-state index in [-0.39, 0.29) is 6.42 Å². The van der Waals surface area contributed by atoms with Crippen molar-refractivity contribution in [1.82, 2.24) is 4.90 Å². The number of ether oxygens (including phenoxy) is 2. The summed E-state index contributed by atoms with van der Waals surface area (Å²) in [7, 11) is 2.78. The number of methoxy groups -OCH3 is 1. The Morgan fingerprint density at radius 2 is 1.96 bits per heavy atom. The Morgan fingerprint density at radius 1 is 1.35 bits per heavy atom. The monoisotopic (exact) mass is 405 g/mol. The molecule has 5 nitrogen and oxygen atoms in total. The van der Waals surface area contributed by atoms with E-state index in [1.165, 1.54) is 19.1 Å². The van der Waals surface area contributed by atoms with Crippen LogP contribution in [-0.2, 0) is 20.7 Å². The molecular formula is C16H21BrClNO4. The third-order valence-corrected chi connectivity index (χ3v) is 3.91. The van der Waals surface area contributed by atoms with E-state index in [1.54, 1.807) is 39.0 Å². The molecule has 23 heavy (non-hydrogen) atoms. The largest absolute Gasteiger partial charge is 0.467 e. The predicted molar refractivity (Wildman–Crippen MR) is 92.7 cm³/mol. The standard InChI is InChI=1S/C16H21BrClNO4/c1-16(2,3)23-15(21)19(4)13(14(20)22-5)9-10-8-11(17)6-7-12(10)18/h6-8,13H,9H2,1-5H3/t13-/m0/s1. The van der Waals surface area contributed by atoms with Crippen molar-refractivity contribution in [2.24, 2.45) is 0 Å². The van der Waals surface area contributed by atoms with E-state index in [0.717, 1.165) is 10.0 Å². The van der Waals surface area contributed by atoms with Crippen LogP contribution in [-0.4, -0.2) is 42.8 Å². The second kappa shape index (κ2) is 8.02. The van der Waals surface area contributed by atoms with Crippen LogP contribution in [0.1, 0.15) is 26.3 Å². The Bertz CT molecular complexity index is 586. The molecule has 0 radical (unpaired) electrons. The van der Waals surface area contributed by atoms with Gasteiger partial charge in [0.1, 0.15) is 11.6 Å². The van der Waals surface area contributed by atoms with Crippen LogP contribution in [0.5, 0.6) is 0 Å². The van der Waals surface area contributed by atoms with E-state index in [4.69, 9.17) is 21.1 Å². The van der Waals surface area contributed by atoms with E-state index in [1.807, 2.05) is 0 Å². The van der Waals surface area contributed by atoms with Crippen molar-refractivity contribution < 1.29 is 19.1 Å². The fraction of sp³-hybridized carbons (Fsp3) is 0.500. The first-order chi connectivity index (χ1) is 10.5. The van der Waals surface area contributed by atoms with Crippen LogP contribution in [0.25, 0.3) is 0 Å². The lowest BCUT2D eigenvalue weighted by Gasteiger charge is -2.29. The summed E-state index contributed by atoms with van der Waals surface area (Å²) < 4.78 is 11.0. The van der Waals surface area contributed by atoms with Crippen LogP contribution in [0.3, 0.4) is 0 Å². The molecule has 0 fully saturated rings. The molecule has 0 bridgehead atoms. The van der Waals surface area contributed by atoms with Gasteiger partial charge in [0.25, 0.3) is 0 Å². The number of benzene rings is 1. The van der Waals surface area contributed by atoms with Crippen LogP contribution in [0.15, 0.2) is 22.7 Å². The molecule has 0 aliphatic rings. The first kappa shape index (κ1) is 19.8. The lowest BCUT2D eigenvalue weighted by atomic mass is 10.1. The smallest absolute Gasteiger partial charge is 0.410 e. The minimum atomic E-state index is -0.832. The summed E-state index contributed by atoms with van der Waals surface area (Å²) in [6, 6.07) is 4.50. The van der Waals surface area contributed by atoms with E-state index in [2.05, 4.69) is 15.9 Å². The molecule has 0 unspecified atom stereocenters. The highest BCUT2D eigenvalue weighted by Crippen LogP contribution is 2.24. The molecule has 1 aromatic carbocycles. The second-order valence-electron chi connectivity index (χ2n) is 6.07. The minimum Gasteiger partial charge on any atom is -0.467 e. The van der Waals surface area contributed by atoms with Crippen molar-refractivity contribution in [2.75, 3.05) is 14.2 Å². The number of nitrogens with zero attached hydrogens (tertiary/aromatic N) is 1. The SMILES string of the molecule is COC(=O)[C@H](Cc1cc(Br)ccc1Cl)N(C)C(=O)OC(C)(C)C. The van der Waals surface area contributed by atoms with Crippen LogP contribution in [0.4, 0.5) is 4.79 Å². The highest BCUT2D eigenvalue weighted by Gasteiger charge is 2.31. The Labute approximate surface area is 150 Å². The Hall–Kier alpha value is -1.27. The Kier molecular flexibility index (Phi) is 6.89. The number of likely N-dealkylation sites (N-methyl/N-ethyl adjacent to an activating group) is 1. The third-order valence-electron chi connectivity index (χ3n) is 3.04. The molecule has 0 heterocycles. The average Bonchev–Trinajstić information content (AvgIpc) is 2.44. The molecule has 0 saturated carbocycles. The summed E-state index contributed by atoms with van der Waals surface area (Å²) in [5.74, 6) is -0.533. The number of halogens is 2. The second-order valence-corrected chi connectivity index (χ2v) is 7.39. The lowest BCUT2D eigenvalue weighted by Crippen LogP contribution is -2.46. The zero-order valence-electron chi connectivity index (χ0n) is 13.9. The molecule has 128 valence electrons. The van der Waals surface area contributed by atoms with Crippen LogP contribution in [0, 0.1) is 0 Å². The molecule has 1 amide bonds. The highest BCUT2D eigenvalue weighted by atomic mass is 79.9. The number of rotatable bonds is 4. The topological polar surface area (TPSA) is 55.8 Å². The van der Waals surface area contributed by atoms with Gasteiger partial charge in [0.15, 0.2) is 0 Å². The molecule has 0 spiro atoms. The first-order valence-electron chi connectivity index (χ1n) is 7.02. The van der Waals surface area contributed by atoms with Crippen molar-refractivity contribution in [2.45, 2.75) is 38.8 Å². The molecule has 0 N–H and O–H groups in total. The maximum absolute atomic E-state index is 12.2. The molecule has 1 rings (SSSR count). The van der Waals surface area contributed by atoms with Gasteiger partial charge >= 0.3 is 12.1 Å². The minimum absolute atomic E-state index is 0.223. The molecule has 0 aliphatic heterocycles. The normalized spacial score (nSPS) is 12.5. The third kappa shape index (κ3) is 6.03. The van der Waals surface area contributed by atoms with Crippen molar-refractivity contribution in [3.63, 3.8) is 0 Å². The Morgan fingerprint density at radius 3 is 2.48 bits per heavy atom. The molecule has 1 atom stereocenters. The van der Waals surface area contributed by atoms with Crippen LogP contribution in [0.2, 0.25) is 5.02 Å². The van der Waals surface area contributed by atoms with Crippen molar-refractivity contribution >= 4 is 39.6 Å². The van der Waals surface area contributed by atoms with E-state index >= 15 is 0 Å². The summed E-state index contributed by atoms with van der Waals surface area (Å²) >= 11 is 9.54. The summed E-state index contributed by atoms with van der Waals surface area (Å²) in [6.45, 7) is 5.28. The van der Waals surface area contributed by atoms with Crippen molar-refractivity contribution in [3.05, 3.63) is 33.3 Å². The number of amides is 1. The van der Waals surface area contributed by atoms with Gasteiger partial charge in [0, 0.05) is 23.0 Å². The zero-order valence-corrected chi connectivity index (χ0v) is 16.2. The summed E-state index contributed by atoms with van der Waals surface area (Å²) in [6.07, 6.45) is -0.375.